The number of halogens is 1. The van der Waals surface area contributed by atoms with Crippen molar-refractivity contribution in [2.24, 2.45) is 5.41 Å². The number of hydrogen-bond acceptors (Lipinski definition) is 4. The molecular weight excluding hydrogens is 432 g/mol. The number of rotatable bonds is 8. The van der Waals surface area contributed by atoms with Gasteiger partial charge < -0.3 is 14.5 Å². The Balaban J connectivity index is 1.89. The van der Waals surface area contributed by atoms with Crippen molar-refractivity contribution in [1.29, 1.82) is 0 Å². The van der Waals surface area contributed by atoms with Gasteiger partial charge in [0.2, 0.25) is 11.8 Å². The number of ether oxygens (including phenoxy) is 1. The Morgan fingerprint density at radius 2 is 1.97 bits per heavy atom. The van der Waals surface area contributed by atoms with Crippen molar-refractivity contribution in [1.82, 2.24) is 9.80 Å². The Morgan fingerprint density at radius 1 is 1.26 bits per heavy atom. The number of carbonyl (C=O) groups is 2. The number of methoxy groups -OCH3 is 1. The van der Waals surface area contributed by atoms with Crippen LogP contribution in [0.3, 0.4) is 0 Å². The van der Waals surface area contributed by atoms with Crippen LogP contribution in [0.4, 0.5) is 0 Å². The highest BCUT2D eigenvalue weighted by atomic mass is 35.5. The molecule has 0 fully saturated rings. The molecular formula is C24H31ClN2O3S. The lowest BCUT2D eigenvalue weighted by Gasteiger charge is -2.38. The van der Waals surface area contributed by atoms with E-state index >= 15 is 0 Å². The van der Waals surface area contributed by atoms with Gasteiger partial charge in [0.05, 0.1) is 25.1 Å². The molecule has 0 N–H and O–H groups in total. The standard InChI is InChI=1S/C24H31ClN2O3S/c1-5-12-26(23(29)24(2,3)16-25)15-21(28)27-13-10-20-19(11-14-31-20)22(27)17-6-8-18(30-4)9-7-17/h6-9,11,14,22H,5,10,12-13,15-16H2,1-4H3. The Morgan fingerprint density at radius 3 is 2.58 bits per heavy atom. The Hall–Kier alpha value is -2.05. The summed E-state index contributed by atoms with van der Waals surface area (Å²) in [4.78, 5) is 31.5. The third-order valence-electron chi connectivity index (χ3n) is 5.74. The van der Waals surface area contributed by atoms with Gasteiger partial charge >= 0.3 is 0 Å². The average Bonchev–Trinajstić information content (AvgIpc) is 3.26. The number of fused-ring (bicyclic) bond motifs is 1. The molecule has 0 radical (unpaired) electrons. The minimum absolute atomic E-state index is 0.0372. The topological polar surface area (TPSA) is 49.9 Å². The predicted molar refractivity (Wildman–Crippen MR) is 126 cm³/mol. The normalized spacial score (nSPS) is 16.0. The number of nitrogens with zero attached hydrogens (tertiary/aromatic N) is 2. The van der Waals surface area contributed by atoms with Crippen molar-refractivity contribution >= 4 is 34.8 Å². The van der Waals surface area contributed by atoms with Crippen LogP contribution in [-0.2, 0) is 16.0 Å². The van der Waals surface area contributed by atoms with Crippen LogP contribution in [-0.4, -0.2) is 54.2 Å². The maximum Gasteiger partial charge on any atom is 0.242 e. The van der Waals surface area contributed by atoms with Gasteiger partial charge in [-0.3, -0.25) is 9.59 Å². The molecule has 0 bridgehead atoms. The van der Waals surface area contributed by atoms with Gasteiger partial charge in [0.1, 0.15) is 5.75 Å². The monoisotopic (exact) mass is 462 g/mol. The summed E-state index contributed by atoms with van der Waals surface area (Å²) in [6.45, 7) is 6.91. The van der Waals surface area contributed by atoms with Crippen molar-refractivity contribution in [3.8, 4) is 5.75 Å². The van der Waals surface area contributed by atoms with Crippen LogP contribution in [0.25, 0.3) is 0 Å². The van der Waals surface area contributed by atoms with Crippen LogP contribution in [0.2, 0.25) is 0 Å². The molecule has 1 aliphatic heterocycles. The second-order valence-corrected chi connectivity index (χ2v) is 9.82. The minimum Gasteiger partial charge on any atom is -0.497 e. The molecule has 2 amide bonds. The summed E-state index contributed by atoms with van der Waals surface area (Å²) >= 11 is 7.77. The number of carbonyl (C=O) groups excluding carboxylic acids is 2. The first-order valence-electron chi connectivity index (χ1n) is 10.7. The maximum absolute atomic E-state index is 13.5. The lowest BCUT2D eigenvalue weighted by atomic mass is 9.92. The van der Waals surface area contributed by atoms with Gasteiger partial charge in [-0.15, -0.1) is 22.9 Å². The molecule has 0 saturated carbocycles. The molecule has 5 nitrogen and oxygen atoms in total. The smallest absolute Gasteiger partial charge is 0.242 e. The number of hydrogen-bond donors (Lipinski definition) is 0. The molecule has 7 heteroatoms. The molecule has 0 saturated heterocycles. The molecule has 1 aromatic carbocycles. The zero-order valence-electron chi connectivity index (χ0n) is 18.7. The average molecular weight is 463 g/mol. The fraction of sp³-hybridized carbons (Fsp3) is 0.500. The van der Waals surface area contributed by atoms with Gasteiger partial charge in [-0.2, -0.15) is 0 Å². The number of thiophene rings is 1. The van der Waals surface area contributed by atoms with E-state index in [-0.39, 0.29) is 30.3 Å². The molecule has 0 spiro atoms. The number of amides is 2. The van der Waals surface area contributed by atoms with E-state index in [1.165, 1.54) is 10.4 Å². The van der Waals surface area contributed by atoms with E-state index in [0.717, 1.165) is 24.2 Å². The Bertz CT molecular complexity index is 910. The van der Waals surface area contributed by atoms with E-state index in [4.69, 9.17) is 16.3 Å². The molecule has 1 aliphatic rings. The molecule has 1 atom stereocenters. The third-order valence-corrected chi connectivity index (χ3v) is 7.40. The molecule has 0 aliphatic carbocycles. The molecule has 2 heterocycles. The van der Waals surface area contributed by atoms with E-state index in [0.29, 0.717) is 13.1 Å². The molecule has 31 heavy (non-hydrogen) atoms. The van der Waals surface area contributed by atoms with E-state index in [1.54, 1.807) is 23.3 Å². The van der Waals surface area contributed by atoms with E-state index in [1.807, 2.05) is 49.9 Å². The maximum atomic E-state index is 13.5. The van der Waals surface area contributed by atoms with Gasteiger partial charge in [0.25, 0.3) is 0 Å². The van der Waals surface area contributed by atoms with Crippen LogP contribution < -0.4 is 4.74 Å². The molecule has 2 aromatic rings. The zero-order valence-corrected chi connectivity index (χ0v) is 20.3. The lowest BCUT2D eigenvalue weighted by Crippen LogP contribution is -2.50. The van der Waals surface area contributed by atoms with Crippen LogP contribution in [0.1, 0.15) is 49.2 Å². The van der Waals surface area contributed by atoms with Gasteiger partial charge in [-0.05, 0) is 61.4 Å². The van der Waals surface area contributed by atoms with Crippen molar-refractivity contribution in [3.63, 3.8) is 0 Å². The second kappa shape index (κ2) is 10.0. The summed E-state index contributed by atoms with van der Waals surface area (Å²) in [5, 5.41) is 2.09. The highest BCUT2D eigenvalue weighted by Crippen LogP contribution is 2.38. The van der Waals surface area contributed by atoms with E-state index in [9.17, 15) is 9.59 Å². The fourth-order valence-corrected chi connectivity index (χ4v) is 5.01. The first kappa shape index (κ1) is 23.6. The van der Waals surface area contributed by atoms with Gasteiger partial charge in [-0.1, -0.05) is 19.1 Å². The Kier molecular flexibility index (Phi) is 7.65. The quantitative estimate of drug-likeness (QED) is 0.532. The van der Waals surface area contributed by atoms with Crippen LogP contribution >= 0.6 is 22.9 Å². The molecule has 3 rings (SSSR count). The zero-order chi connectivity index (χ0) is 22.6. The summed E-state index contributed by atoms with van der Waals surface area (Å²) in [7, 11) is 1.64. The summed E-state index contributed by atoms with van der Waals surface area (Å²) in [6, 6.07) is 9.83. The SMILES string of the molecule is CCCN(CC(=O)N1CCc2sccc2C1c1ccc(OC)cc1)C(=O)C(C)(C)CCl. The minimum atomic E-state index is -0.700. The fourth-order valence-electron chi connectivity index (χ4n) is 3.99. The highest BCUT2D eigenvalue weighted by molar-refractivity contribution is 7.10. The summed E-state index contributed by atoms with van der Waals surface area (Å²) in [6.07, 6.45) is 1.62. The number of alkyl halides is 1. The third kappa shape index (κ3) is 5.07. The molecule has 168 valence electrons. The van der Waals surface area contributed by atoms with Crippen molar-refractivity contribution in [3.05, 3.63) is 51.7 Å². The Labute approximate surface area is 193 Å². The van der Waals surface area contributed by atoms with Crippen molar-refractivity contribution in [2.75, 3.05) is 32.6 Å². The highest BCUT2D eigenvalue weighted by Gasteiger charge is 2.36. The van der Waals surface area contributed by atoms with E-state index < -0.39 is 5.41 Å². The van der Waals surface area contributed by atoms with Gasteiger partial charge in [0, 0.05) is 23.8 Å². The lowest BCUT2D eigenvalue weighted by molar-refractivity contribution is -0.146. The van der Waals surface area contributed by atoms with Gasteiger partial charge in [0.15, 0.2) is 0 Å². The van der Waals surface area contributed by atoms with Crippen LogP contribution in [0.15, 0.2) is 35.7 Å². The van der Waals surface area contributed by atoms with Crippen LogP contribution in [0, 0.1) is 5.41 Å². The van der Waals surface area contributed by atoms with E-state index in [2.05, 4.69) is 11.4 Å². The van der Waals surface area contributed by atoms with Gasteiger partial charge in [-0.25, -0.2) is 0 Å². The second-order valence-electron chi connectivity index (χ2n) is 8.56. The van der Waals surface area contributed by atoms with Crippen molar-refractivity contribution < 1.29 is 14.3 Å². The van der Waals surface area contributed by atoms with Crippen LogP contribution in [0.5, 0.6) is 5.75 Å². The number of benzene rings is 1. The first-order valence-corrected chi connectivity index (χ1v) is 12.1. The largest absolute Gasteiger partial charge is 0.497 e. The predicted octanol–water partition coefficient (Wildman–Crippen LogP) is 4.73. The molecule has 1 unspecified atom stereocenters. The first-order chi connectivity index (χ1) is 14.8. The summed E-state index contributed by atoms with van der Waals surface area (Å²) in [5.41, 5.74) is 1.52. The summed E-state index contributed by atoms with van der Waals surface area (Å²) < 4.78 is 5.30. The summed E-state index contributed by atoms with van der Waals surface area (Å²) in [5.74, 6) is 0.888. The molecule has 1 aromatic heterocycles. The van der Waals surface area contributed by atoms with Crippen molar-refractivity contribution in [2.45, 2.75) is 39.7 Å².